The van der Waals surface area contributed by atoms with Crippen molar-refractivity contribution in [3.8, 4) is 0 Å². The summed E-state index contributed by atoms with van der Waals surface area (Å²) in [6.07, 6.45) is 3.46. The second kappa shape index (κ2) is 8.93. The molecule has 0 fully saturated rings. The number of primary amides is 1. The van der Waals surface area contributed by atoms with Crippen LogP contribution in [0.15, 0.2) is 72.9 Å². The van der Waals surface area contributed by atoms with Crippen LogP contribution in [-0.4, -0.2) is 17.4 Å². The number of hydrogen-bond donors (Lipinski definition) is 3. The number of amides is 1. The molecule has 0 spiro atoms. The maximum Gasteiger partial charge on any atom is 0.248 e. The van der Waals surface area contributed by atoms with E-state index in [4.69, 9.17) is 5.73 Å². The second-order valence-corrected chi connectivity index (χ2v) is 7.45. The number of aromatic nitrogens is 1. The van der Waals surface area contributed by atoms with Gasteiger partial charge in [-0.1, -0.05) is 36.4 Å². The lowest BCUT2D eigenvalue weighted by Crippen LogP contribution is -2.17. The topological polar surface area (TPSA) is 70.9 Å². The lowest BCUT2D eigenvalue weighted by molar-refractivity contribution is 0.100. The predicted octanol–water partition coefficient (Wildman–Crippen LogP) is 4.33. The van der Waals surface area contributed by atoms with E-state index in [0.29, 0.717) is 18.5 Å². The van der Waals surface area contributed by atoms with Gasteiger partial charge in [0, 0.05) is 29.2 Å². The number of nitrogens with one attached hydrogen (secondary N) is 2. The van der Waals surface area contributed by atoms with E-state index in [1.807, 2.05) is 30.5 Å². The van der Waals surface area contributed by atoms with Crippen LogP contribution in [-0.2, 0) is 19.4 Å². The summed E-state index contributed by atoms with van der Waals surface area (Å²) in [5, 5.41) is 4.58. The highest BCUT2D eigenvalue weighted by Gasteiger charge is 2.07. The van der Waals surface area contributed by atoms with Crippen molar-refractivity contribution in [1.82, 2.24) is 10.3 Å². The number of aromatic amines is 1. The van der Waals surface area contributed by atoms with Crippen molar-refractivity contribution in [3.63, 3.8) is 0 Å². The third kappa shape index (κ3) is 4.58. The van der Waals surface area contributed by atoms with E-state index in [2.05, 4.69) is 28.5 Å². The smallest absolute Gasteiger partial charge is 0.248 e. The highest BCUT2D eigenvalue weighted by atomic mass is 19.1. The number of benzene rings is 3. The minimum Gasteiger partial charge on any atom is -0.366 e. The quantitative estimate of drug-likeness (QED) is 0.385. The third-order valence-corrected chi connectivity index (χ3v) is 5.32. The Morgan fingerprint density at radius 2 is 1.73 bits per heavy atom. The summed E-state index contributed by atoms with van der Waals surface area (Å²) in [7, 11) is 0. The highest BCUT2D eigenvalue weighted by molar-refractivity contribution is 5.92. The minimum atomic E-state index is -0.416. The van der Waals surface area contributed by atoms with Crippen molar-refractivity contribution >= 4 is 16.8 Å². The van der Waals surface area contributed by atoms with Gasteiger partial charge in [0.2, 0.25) is 5.91 Å². The molecule has 1 amide bonds. The lowest BCUT2D eigenvalue weighted by atomic mass is 10.0. The molecule has 1 aromatic heterocycles. The molecule has 5 heteroatoms. The van der Waals surface area contributed by atoms with Gasteiger partial charge in [-0.15, -0.1) is 0 Å². The number of fused-ring (bicyclic) bond motifs is 1. The highest BCUT2D eigenvalue weighted by Crippen LogP contribution is 2.23. The zero-order valence-corrected chi connectivity index (χ0v) is 16.6. The van der Waals surface area contributed by atoms with Crippen molar-refractivity contribution in [2.24, 2.45) is 5.73 Å². The van der Waals surface area contributed by atoms with Gasteiger partial charge in [0.25, 0.3) is 0 Å². The van der Waals surface area contributed by atoms with Gasteiger partial charge in [-0.3, -0.25) is 4.79 Å². The molecule has 0 atom stereocenters. The third-order valence-electron chi connectivity index (χ3n) is 5.32. The van der Waals surface area contributed by atoms with Crippen molar-refractivity contribution in [2.75, 3.05) is 6.54 Å². The summed E-state index contributed by atoms with van der Waals surface area (Å²) in [5.41, 5.74) is 11.2. The fraction of sp³-hybridized carbons (Fsp3) is 0.160. The summed E-state index contributed by atoms with van der Waals surface area (Å²) in [4.78, 5) is 14.6. The molecule has 4 N–H and O–H groups in total. The standard InChI is InChI=1S/C25H24FN3O/c26-23-4-2-1-3-19(23)11-12-28-15-18-7-10-24-22(14-18)21(16-29-24)13-17-5-8-20(9-6-17)25(27)30/h1-10,14,16,28-29H,11-13,15H2,(H2,27,30). The molecule has 4 rings (SSSR count). The van der Waals surface area contributed by atoms with E-state index in [1.54, 1.807) is 18.2 Å². The Balaban J connectivity index is 1.41. The van der Waals surface area contributed by atoms with E-state index < -0.39 is 5.91 Å². The van der Waals surface area contributed by atoms with E-state index in [0.717, 1.165) is 29.6 Å². The lowest BCUT2D eigenvalue weighted by Gasteiger charge is -2.07. The van der Waals surface area contributed by atoms with Gasteiger partial charge in [0.15, 0.2) is 0 Å². The Hall–Kier alpha value is -3.44. The van der Waals surface area contributed by atoms with Crippen LogP contribution in [0.5, 0.6) is 0 Å². The predicted molar refractivity (Wildman–Crippen MR) is 118 cm³/mol. The van der Waals surface area contributed by atoms with Gasteiger partial charge in [0.05, 0.1) is 0 Å². The molecule has 0 saturated heterocycles. The van der Waals surface area contributed by atoms with Gasteiger partial charge >= 0.3 is 0 Å². The van der Waals surface area contributed by atoms with E-state index in [9.17, 15) is 9.18 Å². The zero-order valence-electron chi connectivity index (χ0n) is 16.6. The first-order chi connectivity index (χ1) is 14.6. The van der Waals surface area contributed by atoms with Crippen LogP contribution in [0.4, 0.5) is 4.39 Å². The fourth-order valence-electron chi connectivity index (χ4n) is 3.65. The summed E-state index contributed by atoms with van der Waals surface area (Å²) in [5.74, 6) is -0.567. The average Bonchev–Trinajstić information content (AvgIpc) is 3.15. The maximum absolute atomic E-state index is 13.7. The average molecular weight is 401 g/mol. The Bertz CT molecular complexity index is 1160. The molecule has 0 aliphatic heterocycles. The number of nitrogens with two attached hydrogens (primary N) is 1. The number of hydrogen-bond acceptors (Lipinski definition) is 2. The summed E-state index contributed by atoms with van der Waals surface area (Å²) in [6.45, 7) is 1.44. The molecule has 30 heavy (non-hydrogen) atoms. The molecular weight excluding hydrogens is 377 g/mol. The normalized spacial score (nSPS) is 11.1. The first kappa shape index (κ1) is 19.9. The summed E-state index contributed by atoms with van der Waals surface area (Å²) < 4.78 is 13.7. The largest absolute Gasteiger partial charge is 0.366 e. The SMILES string of the molecule is NC(=O)c1ccc(Cc2c[nH]c3ccc(CNCCc4ccccc4F)cc23)cc1. The van der Waals surface area contributed by atoms with E-state index in [-0.39, 0.29) is 5.82 Å². The number of H-pyrrole nitrogens is 1. The first-order valence-electron chi connectivity index (χ1n) is 10.0. The Kier molecular flexibility index (Phi) is 5.91. The Morgan fingerprint density at radius 3 is 2.50 bits per heavy atom. The van der Waals surface area contributed by atoms with Crippen LogP contribution >= 0.6 is 0 Å². The van der Waals surface area contributed by atoms with Crippen molar-refractivity contribution in [2.45, 2.75) is 19.4 Å². The van der Waals surface area contributed by atoms with E-state index >= 15 is 0 Å². The van der Waals surface area contributed by atoms with Crippen molar-refractivity contribution < 1.29 is 9.18 Å². The Morgan fingerprint density at radius 1 is 0.967 bits per heavy atom. The molecule has 3 aromatic carbocycles. The molecule has 0 radical (unpaired) electrons. The van der Waals surface area contributed by atoms with Gasteiger partial charge < -0.3 is 16.0 Å². The fourth-order valence-corrected chi connectivity index (χ4v) is 3.65. The molecular formula is C25H24FN3O. The zero-order chi connectivity index (χ0) is 20.9. The van der Waals surface area contributed by atoms with Crippen molar-refractivity contribution in [3.05, 3.63) is 107 Å². The molecule has 0 aliphatic carbocycles. The molecule has 152 valence electrons. The number of carbonyl (C=O) groups excluding carboxylic acids is 1. The van der Waals surface area contributed by atoms with Crippen LogP contribution in [0.25, 0.3) is 10.9 Å². The number of halogens is 1. The van der Waals surface area contributed by atoms with Crippen molar-refractivity contribution in [1.29, 1.82) is 0 Å². The van der Waals surface area contributed by atoms with Crippen LogP contribution in [0, 0.1) is 5.82 Å². The molecule has 0 unspecified atom stereocenters. The monoisotopic (exact) mass is 401 g/mol. The molecule has 0 bridgehead atoms. The minimum absolute atomic E-state index is 0.151. The van der Waals surface area contributed by atoms with E-state index in [1.165, 1.54) is 22.6 Å². The summed E-state index contributed by atoms with van der Waals surface area (Å²) >= 11 is 0. The van der Waals surface area contributed by atoms with Gasteiger partial charge in [0.1, 0.15) is 5.82 Å². The molecule has 4 nitrogen and oxygen atoms in total. The maximum atomic E-state index is 13.7. The van der Waals surface area contributed by atoms with Crippen LogP contribution in [0.3, 0.4) is 0 Å². The van der Waals surface area contributed by atoms with Crippen LogP contribution in [0.2, 0.25) is 0 Å². The van der Waals surface area contributed by atoms with Crippen LogP contribution < -0.4 is 11.1 Å². The number of carbonyl (C=O) groups is 1. The second-order valence-electron chi connectivity index (χ2n) is 7.45. The Labute approximate surface area is 174 Å². The molecule has 4 aromatic rings. The first-order valence-corrected chi connectivity index (χ1v) is 10.0. The molecule has 0 aliphatic rings. The van der Waals surface area contributed by atoms with Gasteiger partial charge in [-0.2, -0.15) is 0 Å². The summed E-state index contributed by atoms with van der Waals surface area (Å²) in [6, 6.07) is 20.7. The van der Waals surface area contributed by atoms with Gasteiger partial charge in [-0.25, -0.2) is 4.39 Å². The molecule has 1 heterocycles. The molecule has 0 saturated carbocycles. The van der Waals surface area contributed by atoms with Gasteiger partial charge in [-0.05, 0) is 72.0 Å². The van der Waals surface area contributed by atoms with Crippen LogP contribution in [0.1, 0.15) is 32.6 Å². The number of rotatable bonds is 8.